The van der Waals surface area contributed by atoms with Crippen molar-refractivity contribution in [1.82, 2.24) is 18.8 Å². The van der Waals surface area contributed by atoms with Crippen LogP contribution in [0.1, 0.15) is 51.8 Å². The molecule has 1 unspecified atom stereocenters. The van der Waals surface area contributed by atoms with E-state index in [0.717, 1.165) is 56.7 Å². The molecule has 1 aromatic carbocycles. The summed E-state index contributed by atoms with van der Waals surface area (Å²) in [6, 6.07) is 5.27. The maximum atomic E-state index is 12.9. The fourth-order valence-corrected chi connectivity index (χ4v) is 6.14. The van der Waals surface area contributed by atoms with E-state index in [1.807, 2.05) is 11.0 Å². The van der Waals surface area contributed by atoms with Crippen molar-refractivity contribution in [2.24, 2.45) is 5.92 Å². The van der Waals surface area contributed by atoms with Gasteiger partial charge in [-0.3, -0.25) is 4.79 Å². The van der Waals surface area contributed by atoms with E-state index in [1.54, 1.807) is 16.4 Å². The van der Waals surface area contributed by atoms with Crippen LogP contribution in [0.5, 0.6) is 0 Å². The summed E-state index contributed by atoms with van der Waals surface area (Å²) in [4.78, 5) is 19.6. The second kappa shape index (κ2) is 8.67. The number of fused-ring (bicyclic) bond motifs is 1. The number of rotatable bonds is 7. The van der Waals surface area contributed by atoms with Gasteiger partial charge < -0.3 is 9.47 Å². The molecule has 30 heavy (non-hydrogen) atoms. The minimum atomic E-state index is -3.46. The number of sulfonamides is 1. The second-order valence-corrected chi connectivity index (χ2v) is 10.6. The number of imidazole rings is 1. The molecule has 3 heterocycles. The molecule has 2 saturated heterocycles. The average Bonchev–Trinajstić information content (AvgIpc) is 3.46. The van der Waals surface area contributed by atoms with Crippen LogP contribution in [0.4, 0.5) is 0 Å². The van der Waals surface area contributed by atoms with Crippen LogP contribution in [-0.2, 0) is 27.8 Å². The van der Waals surface area contributed by atoms with E-state index in [-0.39, 0.29) is 5.91 Å². The Morgan fingerprint density at radius 1 is 1.20 bits per heavy atom. The summed E-state index contributed by atoms with van der Waals surface area (Å²) in [5.74, 6) is 1.63. The van der Waals surface area contributed by atoms with Crippen molar-refractivity contribution in [1.29, 1.82) is 0 Å². The van der Waals surface area contributed by atoms with Gasteiger partial charge in [0.25, 0.3) is 0 Å². The molecule has 1 atom stereocenters. The Morgan fingerprint density at radius 3 is 2.63 bits per heavy atom. The minimum absolute atomic E-state index is 0.187. The Labute approximate surface area is 179 Å². The van der Waals surface area contributed by atoms with Gasteiger partial charge in [0.1, 0.15) is 5.82 Å². The number of hydrogen-bond acceptors (Lipinski definition) is 4. The fourth-order valence-electron chi connectivity index (χ4n) is 4.60. The molecule has 2 aliphatic rings. The lowest BCUT2D eigenvalue weighted by Gasteiger charge is -2.16. The van der Waals surface area contributed by atoms with Crippen LogP contribution >= 0.6 is 0 Å². The van der Waals surface area contributed by atoms with Gasteiger partial charge in [-0.25, -0.2) is 13.4 Å². The molecule has 0 aliphatic carbocycles. The lowest BCUT2D eigenvalue weighted by molar-refractivity contribution is -0.130. The van der Waals surface area contributed by atoms with Crippen molar-refractivity contribution in [2.75, 3.05) is 26.2 Å². The first-order chi connectivity index (χ1) is 14.4. The van der Waals surface area contributed by atoms with E-state index in [2.05, 4.69) is 18.4 Å². The Bertz CT molecular complexity index is 1020. The molecule has 0 spiro atoms. The normalized spacial score (nSPS) is 20.5. The second-order valence-electron chi connectivity index (χ2n) is 8.67. The van der Waals surface area contributed by atoms with Gasteiger partial charge in [-0.1, -0.05) is 13.8 Å². The van der Waals surface area contributed by atoms with Crippen molar-refractivity contribution in [3.63, 3.8) is 0 Å². The summed E-state index contributed by atoms with van der Waals surface area (Å²) in [6.07, 6.45) is 4.88. The van der Waals surface area contributed by atoms with Gasteiger partial charge in [0.2, 0.25) is 15.9 Å². The molecule has 0 bridgehead atoms. The number of hydrogen-bond donors (Lipinski definition) is 0. The number of nitrogens with zero attached hydrogens (tertiary/aromatic N) is 4. The molecule has 2 aliphatic heterocycles. The molecule has 7 nitrogen and oxygen atoms in total. The van der Waals surface area contributed by atoms with E-state index in [4.69, 9.17) is 4.98 Å². The molecule has 164 valence electrons. The molecule has 1 amide bonds. The Hall–Kier alpha value is -1.93. The summed E-state index contributed by atoms with van der Waals surface area (Å²) in [6.45, 7) is 7.98. The van der Waals surface area contributed by atoms with Crippen LogP contribution in [-0.4, -0.2) is 59.3 Å². The first kappa shape index (κ1) is 21.3. The van der Waals surface area contributed by atoms with E-state index < -0.39 is 10.0 Å². The Morgan fingerprint density at radius 2 is 1.97 bits per heavy atom. The van der Waals surface area contributed by atoms with E-state index in [1.165, 1.54) is 0 Å². The molecule has 0 saturated carbocycles. The van der Waals surface area contributed by atoms with Gasteiger partial charge in [-0.05, 0) is 49.8 Å². The van der Waals surface area contributed by atoms with Crippen molar-refractivity contribution in [3.05, 3.63) is 24.0 Å². The summed E-state index contributed by atoms with van der Waals surface area (Å²) in [5, 5.41) is 0. The summed E-state index contributed by atoms with van der Waals surface area (Å²) >= 11 is 0. The maximum Gasteiger partial charge on any atom is 0.243 e. The predicted octanol–water partition coefficient (Wildman–Crippen LogP) is 3.03. The largest absolute Gasteiger partial charge is 0.342 e. The van der Waals surface area contributed by atoms with Crippen molar-refractivity contribution < 1.29 is 13.2 Å². The molecular weight excluding hydrogens is 400 g/mol. The van der Waals surface area contributed by atoms with E-state index >= 15 is 0 Å². The zero-order chi connectivity index (χ0) is 21.3. The molecule has 2 aromatic rings. The van der Waals surface area contributed by atoms with E-state index in [0.29, 0.717) is 42.3 Å². The highest BCUT2D eigenvalue weighted by Crippen LogP contribution is 2.26. The first-order valence-corrected chi connectivity index (χ1v) is 12.6. The quantitative estimate of drug-likeness (QED) is 0.674. The van der Waals surface area contributed by atoms with Crippen LogP contribution < -0.4 is 0 Å². The lowest BCUT2D eigenvalue weighted by atomic mass is 10.2. The zero-order valence-corrected chi connectivity index (χ0v) is 18.8. The highest BCUT2D eigenvalue weighted by atomic mass is 32.2. The van der Waals surface area contributed by atoms with Gasteiger partial charge in [0, 0.05) is 45.6 Å². The highest BCUT2D eigenvalue weighted by Gasteiger charge is 2.28. The first-order valence-electron chi connectivity index (χ1n) is 11.2. The lowest BCUT2D eigenvalue weighted by Crippen LogP contribution is -2.28. The standard InChI is InChI=1S/C22H32N4O3S/c1-3-11-26-20-7-6-18(30(28,29)25-12-4-5-13-25)15-19(20)23-21(26)8-9-22(27)24-14-10-17(2)16-24/h6-7,15,17H,3-5,8-14,16H2,1-2H3. The van der Waals surface area contributed by atoms with Gasteiger partial charge in [0.15, 0.2) is 0 Å². The van der Waals surface area contributed by atoms with E-state index in [9.17, 15) is 13.2 Å². The SMILES string of the molecule is CCCn1c(CCC(=O)N2CCC(C)C2)nc2cc(S(=O)(=O)N3CCCC3)ccc21. The van der Waals surface area contributed by atoms with Gasteiger partial charge in [-0.15, -0.1) is 0 Å². The third-order valence-electron chi connectivity index (χ3n) is 6.29. The number of benzene rings is 1. The number of aryl methyl sites for hydroxylation is 2. The summed E-state index contributed by atoms with van der Waals surface area (Å²) in [5.41, 5.74) is 1.63. The van der Waals surface area contributed by atoms with Crippen LogP contribution in [0.2, 0.25) is 0 Å². The van der Waals surface area contributed by atoms with Crippen molar-refractivity contribution in [2.45, 2.75) is 63.8 Å². The fraction of sp³-hybridized carbons (Fsp3) is 0.636. The summed E-state index contributed by atoms with van der Waals surface area (Å²) in [7, 11) is -3.46. The molecule has 0 N–H and O–H groups in total. The Balaban J connectivity index is 1.58. The number of aromatic nitrogens is 2. The molecule has 0 radical (unpaired) electrons. The van der Waals surface area contributed by atoms with Crippen molar-refractivity contribution >= 4 is 27.0 Å². The monoisotopic (exact) mass is 432 g/mol. The minimum Gasteiger partial charge on any atom is -0.342 e. The number of amides is 1. The highest BCUT2D eigenvalue weighted by molar-refractivity contribution is 7.89. The van der Waals surface area contributed by atoms with Gasteiger partial charge >= 0.3 is 0 Å². The molecular formula is C22H32N4O3S. The average molecular weight is 433 g/mol. The number of carbonyl (C=O) groups excluding carboxylic acids is 1. The third-order valence-corrected chi connectivity index (χ3v) is 8.18. The third kappa shape index (κ3) is 4.12. The maximum absolute atomic E-state index is 12.9. The number of carbonyl (C=O) groups is 1. The molecule has 8 heteroatoms. The van der Waals surface area contributed by atoms with Gasteiger partial charge in [0.05, 0.1) is 15.9 Å². The zero-order valence-electron chi connectivity index (χ0n) is 18.0. The van der Waals surface area contributed by atoms with Crippen LogP contribution in [0.3, 0.4) is 0 Å². The van der Waals surface area contributed by atoms with Crippen LogP contribution in [0.15, 0.2) is 23.1 Å². The molecule has 1 aromatic heterocycles. The van der Waals surface area contributed by atoms with Gasteiger partial charge in [-0.2, -0.15) is 4.31 Å². The smallest absolute Gasteiger partial charge is 0.243 e. The number of likely N-dealkylation sites (tertiary alicyclic amines) is 1. The van der Waals surface area contributed by atoms with Crippen LogP contribution in [0, 0.1) is 5.92 Å². The topological polar surface area (TPSA) is 75.5 Å². The van der Waals surface area contributed by atoms with Crippen molar-refractivity contribution in [3.8, 4) is 0 Å². The Kier molecular flexibility index (Phi) is 6.16. The predicted molar refractivity (Wildman–Crippen MR) is 117 cm³/mol. The molecule has 2 fully saturated rings. The summed E-state index contributed by atoms with van der Waals surface area (Å²) < 4.78 is 29.6. The van der Waals surface area contributed by atoms with Crippen LogP contribution in [0.25, 0.3) is 11.0 Å². The molecule has 4 rings (SSSR count).